The molecule has 0 saturated carbocycles. The molecule has 148 valence electrons. The van der Waals surface area contributed by atoms with E-state index in [0.29, 0.717) is 24.2 Å². The van der Waals surface area contributed by atoms with Crippen LogP contribution in [0.25, 0.3) is 0 Å². The molecule has 0 aliphatic carbocycles. The number of carbonyl (C=O) groups excluding carboxylic acids is 2. The lowest BCUT2D eigenvalue weighted by Gasteiger charge is -2.18. The Labute approximate surface area is 171 Å². The number of nitrogens with one attached hydrogen (secondary N) is 2. The van der Waals surface area contributed by atoms with Crippen LogP contribution in [0.4, 0.5) is 17.1 Å². The molecule has 0 aromatic heterocycles. The third-order valence-electron chi connectivity index (χ3n) is 4.49. The maximum atomic E-state index is 12.3. The lowest BCUT2D eigenvalue weighted by molar-refractivity contribution is -0.116. The van der Waals surface area contributed by atoms with Gasteiger partial charge in [0.25, 0.3) is 0 Å². The number of aryl methyl sites for hydroxylation is 1. The molecule has 0 fully saturated rings. The summed E-state index contributed by atoms with van der Waals surface area (Å²) in [7, 11) is 1.87. The van der Waals surface area contributed by atoms with Crippen molar-refractivity contribution in [3.63, 3.8) is 0 Å². The van der Waals surface area contributed by atoms with Crippen LogP contribution in [0, 0.1) is 0 Å². The number of para-hydroxylation sites is 1. The van der Waals surface area contributed by atoms with Crippen molar-refractivity contribution in [1.29, 1.82) is 0 Å². The molecule has 0 radical (unpaired) electrons. The maximum Gasteiger partial charge on any atom is 0.243 e. The van der Waals surface area contributed by atoms with Gasteiger partial charge in [0.05, 0.1) is 6.54 Å². The Hall–Kier alpha value is -3.60. The van der Waals surface area contributed by atoms with E-state index in [1.165, 1.54) is 0 Å². The number of hydrogen-bond donors (Lipinski definition) is 2. The predicted molar refractivity (Wildman–Crippen MR) is 118 cm³/mol. The summed E-state index contributed by atoms with van der Waals surface area (Å²) in [6.07, 6.45) is 1.09. The van der Waals surface area contributed by atoms with Gasteiger partial charge in [-0.25, -0.2) is 0 Å². The minimum atomic E-state index is -0.121. The molecule has 0 aliphatic rings. The summed E-state index contributed by atoms with van der Waals surface area (Å²) in [6, 6.07) is 26.8. The molecular formula is C24H25N3O2. The largest absolute Gasteiger partial charge is 0.365 e. The van der Waals surface area contributed by atoms with Crippen LogP contribution in [-0.2, 0) is 16.0 Å². The standard InChI is InChI=1S/C24H25N3O2/c1-27(22-13-6-3-7-14-22)18-24(29)26-21-12-8-11-20(17-21)25-23(28)16-15-19-9-4-2-5-10-19/h2-14,17H,15-16,18H2,1H3,(H,25,28)(H,26,29). The SMILES string of the molecule is CN(CC(=O)Nc1cccc(NC(=O)CCc2ccccc2)c1)c1ccccc1. The van der Waals surface area contributed by atoms with Crippen molar-refractivity contribution in [1.82, 2.24) is 0 Å². The summed E-state index contributed by atoms with van der Waals surface area (Å²) in [5, 5.41) is 5.77. The zero-order valence-electron chi connectivity index (χ0n) is 16.5. The van der Waals surface area contributed by atoms with Crippen molar-refractivity contribution >= 4 is 28.9 Å². The monoisotopic (exact) mass is 387 g/mol. The molecule has 3 aromatic rings. The van der Waals surface area contributed by atoms with Gasteiger partial charge in [0.2, 0.25) is 11.8 Å². The molecule has 5 heteroatoms. The van der Waals surface area contributed by atoms with Crippen LogP contribution in [0.2, 0.25) is 0 Å². The molecule has 5 nitrogen and oxygen atoms in total. The third kappa shape index (κ3) is 6.50. The van der Waals surface area contributed by atoms with Crippen molar-refractivity contribution in [2.75, 3.05) is 29.1 Å². The fraction of sp³-hybridized carbons (Fsp3) is 0.167. The van der Waals surface area contributed by atoms with Gasteiger partial charge >= 0.3 is 0 Å². The average Bonchev–Trinajstić information content (AvgIpc) is 2.74. The second kappa shape index (κ2) is 10.1. The normalized spacial score (nSPS) is 10.2. The second-order valence-corrected chi connectivity index (χ2v) is 6.85. The molecule has 3 rings (SSSR count). The van der Waals surface area contributed by atoms with Crippen LogP contribution < -0.4 is 15.5 Å². The lowest BCUT2D eigenvalue weighted by atomic mass is 10.1. The molecule has 0 saturated heterocycles. The van der Waals surface area contributed by atoms with Crippen LogP contribution in [-0.4, -0.2) is 25.4 Å². The molecule has 2 N–H and O–H groups in total. The van der Waals surface area contributed by atoms with Crippen molar-refractivity contribution < 1.29 is 9.59 Å². The van der Waals surface area contributed by atoms with Gasteiger partial charge in [0, 0.05) is 30.5 Å². The summed E-state index contributed by atoms with van der Waals surface area (Å²) < 4.78 is 0. The lowest BCUT2D eigenvalue weighted by Crippen LogP contribution is -2.30. The Kier molecular flexibility index (Phi) is 7.00. The molecular weight excluding hydrogens is 362 g/mol. The smallest absolute Gasteiger partial charge is 0.243 e. The molecule has 0 atom stereocenters. The van der Waals surface area contributed by atoms with Crippen LogP contribution >= 0.6 is 0 Å². The maximum absolute atomic E-state index is 12.3. The van der Waals surface area contributed by atoms with Crippen LogP contribution in [0.5, 0.6) is 0 Å². The van der Waals surface area contributed by atoms with E-state index in [4.69, 9.17) is 0 Å². The first-order chi connectivity index (χ1) is 14.1. The number of likely N-dealkylation sites (N-methyl/N-ethyl adjacent to an activating group) is 1. The van der Waals surface area contributed by atoms with E-state index in [9.17, 15) is 9.59 Å². The predicted octanol–water partition coefficient (Wildman–Crippen LogP) is 4.33. The highest BCUT2D eigenvalue weighted by Gasteiger charge is 2.09. The minimum absolute atomic E-state index is 0.0545. The summed E-state index contributed by atoms with van der Waals surface area (Å²) in [5.74, 6) is -0.176. The molecule has 2 amide bonds. The highest BCUT2D eigenvalue weighted by atomic mass is 16.2. The molecule has 3 aromatic carbocycles. The quantitative estimate of drug-likeness (QED) is 0.605. The fourth-order valence-electron chi connectivity index (χ4n) is 2.99. The van der Waals surface area contributed by atoms with Gasteiger partial charge in [-0.1, -0.05) is 54.6 Å². The van der Waals surface area contributed by atoms with E-state index >= 15 is 0 Å². The van der Waals surface area contributed by atoms with Crippen molar-refractivity contribution in [3.05, 3.63) is 90.5 Å². The average molecular weight is 387 g/mol. The number of anilines is 3. The number of amides is 2. The van der Waals surface area contributed by atoms with Crippen LogP contribution in [0.1, 0.15) is 12.0 Å². The van der Waals surface area contributed by atoms with Gasteiger partial charge in [0.1, 0.15) is 0 Å². The molecule has 0 spiro atoms. The van der Waals surface area contributed by atoms with E-state index in [1.807, 2.05) is 84.7 Å². The Balaban J connectivity index is 1.51. The molecule has 0 aliphatic heterocycles. The number of benzene rings is 3. The summed E-state index contributed by atoms with van der Waals surface area (Å²) >= 11 is 0. The van der Waals surface area contributed by atoms with Gasteiger partial charge in [-0.05, 0) is 42.3 Å². The third-order valence-corrected chi connectivity index (χ3v) is 4.49. The van der Waals surface area contributed by atoms with E-state index in [1.54, 1.807) is 12.1 Å². The summed E-state index contributed by atoms with van der Waals surface area (Å²) in [6.45, 7) is 0.234. The van der Waals surface area contributed by atoms with Gasteiger partial charge in [-0.3, -0.25) is 9.59 Å². The Bertz CT molecular complexity index is 943. The first-order valence-electron chi connectivity index (χ1n) is 9.60. The van der Waals surface area contributed by atoms with Gasteiger partial charge < -0.3 is 15.5 Å². The zero-order valence-corrected chi connectivity index (χ0v) is 16.5. The van der Waals surface area contributed by atoms with Crippen molar-refractivity contribution in [3.8, 4) is 0 Å². The topological polar surface area (TPSA) is 61.4 Å². The van der Waals surface area contributed by atoms with E-state index in [2.05, 4.69) is 10.6 Å². The fourth-order valence-corrected chi connectivity index (χ4v) is 2.99. The second-order valence-electron chi connectivity index (χ2n) is 6.85. The zero-order chi connectivity index (χ0) is 20.5. The number of carbonyl (C=O) groups is 2. The Morgan fingerprint density at radius 2 is 1.34 bits per heavy atom. The summed E-state index contributed by atoms with van der Waals surface area (Å²) in [4.78, 5) is 26.4. The molecule has 0 unspecified atom stereocenters. The number of nitrogens with zero attached hydrogens (tertiary/aromatic N) is 1. The Morgan fingerprint density at radius 3 is 2.00 bits per heavy atom. The molecule has 29 heavy (non-hydrogen) atoms. The first-order valence-corrected chi connectivity index (χ1v) is 9.60. The van der Waals surface area contributed by atoms with Crippen molar-refractivity contribution in [2.24, 2.45) is 0 Å². The highest BCUT2D eigenvalue weighted by Crippen LogP contribution is 2.16. The van der Waals surface area contributed by atoms with E-state index in [-0.39, 0.29) is 18.4 Å². The van der Waals surface area contributed by atoms with Crippen LogP contribution in [0.3, 0.4) is 0 Å². The van der Waals surface area contributed by atoms with Crippen molar-refractivity contribution in [2.45, 2.75) is 12.8 Å². The van der Waals surface area contributed by atoms with E-state index in [0.717, 1.165) is 11.3 Å². The minimum Gasteiger partial charge on any atom is -0.365 e. The molecule has 0 bridgehead atoms. The van der Waals surface area contributed by atoms with Gasteiger partial charge in [-0.2, -0.15) is 0 Å². The molecule has 0 heterocycles. The first kappa shape index (κ1) is 20.1. The summed E-state index contributed by atoms with van der Waals surface area (Å²) in [5.41, 5.74) is 3.42. The number of hydrogen-bond acceptors (Lipinski definition) is 3. The highest BCUT2D eigenvalue weighted by molar-refractivity contribution is 5.96. The van der Waals surface area contributed by atoms with Gasteiger partial charge in [0.15, 0.2) is 0 Å². The van der Waals surface area contributed by atoms with E-state index < -0.39 is 0 Å². The Morgan fingerprint density at radius 1 is 0.759 bits per heavy atom. The van der Waals surface area contributed by atoms with Crippen LogP contribution in [0.15, 0.2) is 84.9 Å². The van der Waals surface area contributed by atoms with Gasteiger partial charge in [-0.15, -0.1) is 0 Å². The number of rotatable bonds is 8.